The standard InChI is InChI=1S/C15H16ClF6N5O/c1-8-6-10(14(17,18)19)24-26(8)5-3-4-23-11(28)7-27-9(2)12(16)13(25-27)15(20,21)22/h6H,3-5,7H2,1-2H3,(H,23,28). The van der Waals surface area contributed by atoms with E-state index in [1.54, 1.807) is 0 Å². The Morgan fingerprint density at radius 2 is 1.75 bits per heavy atom. The third-order valence-corrected chi connectivity index (χ3v) is 4.29. The van der Waals surface area contributed by atoms with Gasteiger partial charge in [0.1, 0.15) is 6.54 Å². The van der Waals surface area contributed by atoms with E-state index in [0.717, 1.165) is 10.7 Å². The van der Waals surface area contributed by atoms with E-state index in [0.29, 0.717) is 5.69 Å². The van der Waals surface area contributed by atoms with Crippen LogP contribution in [0, 0.1) is 13.8 Å². The van der Waals surface area contributed by atoms with Gasteiger partial charge < -0.3 is 5.32 Å². The zero-order valence-corrected chi connectivity index (χ0v) is 15.5. The van der Waals surface area contributed by atoms with Crippen LogP contribution in [0.15, 0.2) is 6.07 Å². The molecule has 0 aliphatic carbocycles. The SMILES string of the molecule is Cc1cc(C(F)(F)F)nn1CCCNC(=O)Cn1nc(C(F)(F)F)c(Cl)c1C. The van der Waals surface area contributed by atoms with Gasteiger partial charge in [0.15, 0.2) is 11.4 Å². The Morgan fingerprint density at radius 1 is 1.11 bits per heavy atom. The van der Waals surface area contributed by atoms with Crippen molar-refractivity contribution in [2.24, 2.45) is 0 Å². The quantitative estimate of drug-likeness (QED) is 0.561. The minimum Gasteiger partial charge on any atom is -0.354 e. The van der Waals surface area contributed by atoms with Gasteiger partial charge in [-0.3, -0.25) is 14.2 Å². The molecular weight excluding hydrogens is 416 g/mol. The van der Waals surface area contributed by atoms with E-state index < -0.39 is 41.2 Å². The number of carbonyl (C=O) groups excluding carboxylic acids is 1. The molecule has 0 unspecified atom stereocenters. The lowest BCUT2D eigenvalue weighted by atomic mass is 10.3. The summed E-state index contributed by atoms with van der Waals surface area (Å²) in [5.41, 5.74) is -1.95. The van der Waals surface area contributed by atoms with Crippen LogP contribution in [0.4, 0.5) is 26.3 Å². The third kappa shape index (κ3) is 5.18. The summed E-state index contributed by atoms with van der Waals surface area (Å²) in [4.78, 5) is 11.9. The Balaban J connectivity index is 1.87. The molecule has 0 aliphatic rings. The normalized spacial score (nSPS) is 12.5. The van der Waals surface area contributed by atoms with Crippen molar-refractivity contribution >= 4 is 17.5 Å². The van der Waals surface area contributed by atoms with E-state index in [1.807, 2.05) is 0 Å². The number of nitrogens with zero attached hydrogens (tertiary/aromatic N) is 4. The number of rotatable bonds is 6. The van der Waals surface area contributed by atoms with Crippen molar-refractivity contribution in [2.75, 3.05) is 6.54 Å². The monoisotopic (exact) mass is 431 g/mol. The van der Waals surface area contributed by atoms with Crippen molar-refractivity contribution in [1.82, 2.24) is 24.9 Å². The van der Waals surface area contributed by atoms with Crippen LogP contribution in [-0.2, 0) is 30.2 Å². The predicted octanol–water partition coefficient (Wildman–Crippen LogP) is 3.59. The molecule has 0 spiro atoms. The molecule has 0 fully saturated rings. The van der Waals surface area contributed by atoms with Gasteiger partial charge in [-0.15, -0.1) is 0 Å². The van der Waals surface area contributed by atoms with Gasteiger partial charge in [0, 0.05) is 18.8 Å². The van der Waals surface area contributed by atoms with Crippen molar-refractivity contribution in [1.29, 1.82) is 0 Å². The Kier molecular flexibility index (Phi) is 6.31. The van der Waals surface area contributed by atoms with Crippen LogP contribution in [0.3, 0.4) is 0 Å². The van der Waals surface area contributed by atoms with E-state index in [4.69, 9.17) is 11.6 Å². The minimum atomic E-state index is -4.74. The summed E-state index contributed by atoms with van der Waals surface area (Å²) in [6.07, 6.45) is -9.00. The summed E-state index contributed by atoms with van der Waals surface area (Å²) >= 11 is 5.60. The second kappa shape index (κ2) is 8.02. The molecule has 0 aliphatic heterocycles. The molecule has 6 nitrogen and oxygen atoms in total. The number of hydrogen-bond donors (Lipinski definition) is 1. The van der Waals surface area contributed by atoms with Crippen LogP contribution in [0.5, 0.6) is 0 Å². The number of amides is 1. The van der Waals surface area contributed by atoms with E-state index >= 15 is 0 Å². The van der Waals surface area contributed by atoms with Crippen LogP contribution in [0.25, 0.3) is 0 Å². The molecular formula is C15H16ClF6N5O. The Hall–Kier alpha value is -2.24. The first kappa shape index (κ1) is 22.1. The van der Waals surface area contributed by atoms with E-state index in [-0.39, 0.29) is 25.2 Å². The molecule has 0 saturated heterocycles. The van der Waals surface area contributed by atoms with Crippen molar-refractivity contribution < 1.29 is 31.1 Å². The number of carbonyl (C=O) groups is 1. The van der Waals surface area contributed by atoms with Gasteiger partial charge in [-0.2, -0.15) is 36.5 Å². The molecule has 13 heteroatoms. The summed E-state index contributed by atoms with van der Waals surface area (Å²) in [6, 6.07) is 0.918. The topological polar surface area (TPSA) is 64.7 Å². The number of halogens is 7. The largest absolute Gasteiger partial charge is 0.436 e. The summed E-state index contributed by atoms with van der Waals surface area (Å²) < 4.78 is 78.1. The molecule has 28 heavy (non-hydrogen) atoms. The van der Waals surface area contributed by atoms with Crippen LogP contribution in [0.1, 0.15) is 29.2 Å². The fourth-order valence-electron chi connectivity index (χ4n) is 2.38. The van der Waals surface area contributed by atoms with E-state index in [2.05, 4.69) is 15.5 Å². The molecule has 0 saturated carbocycles. The fraction of sp³-hybridized carbons (Fsp3) is 0.533. The first-order chi connectivity index (χ1) is 12.8. The number of alkyl halides is 6. The molecule has 156 valence electrons. The van der Waals surface area contributed by atoms with Crippen molar-refractivity contribution in [3.8, 4) is 0 Å². The highest BCUT2D eigenvalue weighted by atomic mass is 35.5. The first-order valence-corrected chi connectivity index (χ1v) is 8.37. The summed E-state index contributed by atoms with van der Waals surface area (Å²) in [5.74, 6) is -0.607. The average molecular weight is 432 g/mol. The highest BCUT2D eigenvalue weighted by Gasteiger charge is 2.38. The van der Waals surface area contributed by atoms with Gasteiger partial charge in [0.05, 0.1) is 10.7 Å². The van der Waals surface area contributed by atoms with Gasteiger partial charge in [0.2, 0.25) is 5.91 Å². The van der Waals surface area contributed by atoms with E-state index in [9.17, 15) is 31.1 Å². The number of hydrogen-bond acceptors (Lipinski definition) is 3. The van der Waals surface area contributed by atoms with Crippen molar-refractivity contribution in [3.63, 3.8) is 0 Å². The van der Waals surface area contributed by atoms with Crippen LogP contribution in [0.2, 0.25) is 5.02 Å². The maximum absolute atomic E-state index is 12.8. The molecule has 1 amide bonds. The molecule has 2 aromatic heterocycles. The van der Waals surface area contributed by atoms with Crippen molar-refractivity contribution in [3.05, 3.63) is 33.9 Å². The number of aryl methyl sites for hydroxylation is 2. The summed E-state index contributed by atoms with van der Waals surface area (Å²) in [5, 5.41) is 8.66. The molecule has 0 bridgehead atoms. The number of aromatic nitrogens is 4. The Bertz CT molecular complexity index is 854. The van der Waals surface area contributed by atoms with Gasteiger partial charge >= 0.3 is 12.4 Å². The van der Waals surface area contributed by atoms with Gasteiger partial charge in [-0.1, -0.05) is 11.6 Å². The van der Waals surface area contributed by atoms with Crippen LogP contribution in [-0.4, -0.2) is 32.0 Å². The fourth-order valence-corrected chi connectivity index (χ4v) is 2.63. The second-order valence-electron chi connectivity index (χ2n) is 6.00. The van der Waals surface area contributed by atoms with Gasteiger partial charge in [-0.05, 0) is 26.3 Å². The zero-order valence-electron chi connectivity index (χ0n) is 14.7. The third-order valence-electron chi connectivity index (χ3n) is 3.84. The summed E-state index contributed by atoms with van der Waals surface area (Å²) in [7, 11) is 0. The summed E-state index contributed by atoms with van der Waals surface area (Å²) in [6.45, 7) is 2.53. The molecule has 0 aromatic carbocycles. The molecule has 2 rings (SSSR count). The average Bonchev–Trinajstić information content (AvgIpc) is 3.06. The molecule has 0 radical (unpaired) electrons. The lowest BCUT2D eigenvalue weighted by Gasteiger charge is -2.08. The predicted molar refractivity (Wildman–Crippen MR) is 86.6 cm³/mol. The highest BCUT2D eigenvalue weighted by molar-refractivity contribution is 6.32. The van der Waals surface area contributed by atoms with Crippen molar-refractivity contribution in [2.45, 2.75) is 45.7 Å². The lowest BCUT2D eigenvalue weighted by molar-refractivity contribution is -0.142. The lowest BCUT2D eigenvalue weighted by Crippen LogP contribution is -2.30. The highest BCUT2D eigenvalue weighted by Crippen LogP contribution is 2.35. The molecule has 1 N–H and O–H groups in total. The smallest absolute Gasteiger partial charge is 0.354 e. The maximum Gasteiger partial charge on any atom is 0.436 e. The number of nitrogens with one attached hydrogen (secondary N) is 1. The second-order valence-corrected chi connectivity index (χ2v) is 6.38. The minimum absolute atomic E-state index is 0.00372. The first-order valence-electron chi connectivity index (χ1n) is 7.99. The van der Waals surface area contributed by atoms with Crippen LogP contribution < -0.4 is 5.32 Å². The molecule has 0 atom stereocenters. The van der Waals surface area contributed by atoms with Gasteiger partial charge in [-0.25, -0.2) is 0 Å². The van der Waals surface area contributed by atoms with E-state index in [1.165, 1.54) is 18.5 Å². The Morgan fingerprint density at radius 3 is 2.25 bits per heavy atom. The zero-order chi connectivity index (χ0) is 21.3. The molecule has 2 heterocycles. The van der Waals surface area contributed by atoms with Crippen LogP contribution >= 0.6 is 11.6 Å². The Labute approximate surface area is 160 Å². The molecule has 2 aromatic rings. The maximum atomic E-state index is 12.8. The van der Waals surface area contributed by atoms with Gasteiger partial charge in [0.25, 0.3) is 0 Å².